The fourth-order valence-corrected chi connectivity index (χ4v) is 5.21. The molecule has 0 unspecified atom stereocenters. The molecular weight excluding hydrogens is 344 g/mol. The monoisotopic (exact) mass is 368 g/mol. The fourth-order valence-electron chi connectivity index (χ4n) is 3.44. The first-order valence-corrected chi connectivity index (χ1v) is 10.6. The van der Waals surface area contributed by atoms with Crippen molar-refractivity contribution in [2.75, 3.05) is 0 Å². The smallest absolute Gasteiger partial charge is 0.202 e. The van der Waals surface area contributed by atoms with Crippen LogP contribution in [0.5, 0.6) is 0 Å². The fraction of sp³-hybridized carbons (Fsp3) is 0.318. The zero-order valence-electron chi connectivity index (χ0n) is 14.9. The molecule has 136 valence electrons. The summed E-state index contributed by atoms with van der Waals surface area (Å²) in [7, 11) is -3.55. The molecule has 3 nitrogen and oxygen atoms in total. The Balaban J connectivity index is 1.98. The lowest BCUT2D eigenvalue weighted by Gasteiger charge is -2.19. The van der Waals surface area contributed by atoms with Crippen LogP contribution in [0.1, 0.15) is 44.1 Å². The molecule has 26 heavy (non-hydrogen) atoms. The summed E-state index contributed by atoms with van der Waals surface area (Å²) in [5.74, 6) is 0.147. The minimum Gasteiger partial charge on any atom is -0.299 e. The summed E-state index contributed by atoms with van der Waals surface area (Å²) in [5.41, 5.74) is 1.95. The summed E-state index contributed by atoms with van der Waals surface area (Å²) in [6.45, 7) is 0. The molecule has 1 aliphatic rings. The summed E-state index contributed by atoms with van der Waals surface area (Å²) in [5, 5.41) is 0. The molecule has 0 N–H and O–H groups in total. The van der Waals surface area contributed by atoms with Crippen LogP contribution in [0.3, 0.4) is 0 Å². The molecule has 0 amide bonds. The second-order valence-electron chi connectivity index (χ2n) is 6.75. The number of carbonyl (C=O) groups is 1. The van der Waals surface area contributed by atoms with E-state index in [9.17, 15) is 13.2 Å². The highest BCUT2D eigenvalue weighted by atomic mass is 32.2. The summed E-state index contributed by atoms with van der Waals surface area (Å²) in [6, 6.07) is 18.6. The third-order valence-corrected chi connectivity index (χ3v) is 6.88. The molecule has 2 aromatic rings. The maximum atomic E-state index is 13.2. The van der Waals surface area contributed by atoms with Crippen molar-refractivity contribution in [3.8, 4) is 0 Å². The highest BCUT2D eigenvalue weighted by Crippen LogP contribution is 2.32. The van der Waals surface area contributed by atoms with Crippen LogP contribution in [-0.4, -0.2) is 14.2 Å². The van der Waals surface area contributed by atoms with E-state index in [0.29, 0.717) is 29.1 Å². The van der Waals surface area contributed by atoms with Gasteiger partial charge in [0, 0.05) is 17.7 Å². The summed E-state index contributed by atoms with van der Waals surface area (Å²) in [6.07, 6.45) is 4.19. The Bertz CT molecular complexity index is 881. The largest absolute Gasteiger partial charge is 0.299 e. The van der Waals surface area contributed by atoms with Crippen molar-refractivity contribution in [1.82, 2.24) is 0 Å². The van der Waals surface area contributed by atoms with Gasteiger partial charge in [0.15, 0.2) is 0 Å². The quantitative estimate of drug-likeness (QED) is 0.756. The van der Waals surface area contributed by atoms with Gasteiger partial charge in [0.1, 0.15) is 5.78 Å². The van der Waals surface area contributed by atoms with Gasteiger partial charge in [0.05, 0.1) is 4.90 Å². The van der Waals surface area contributed by atoms with E-state index in [2.05, 4.69) is 0 Å². The number of carbonyl (C=O) groups excluding carboxylic acids is 1. The lowest BCUT2D eigenvalue weighted by atomic mass is 9.94. The van der Waals surface area contributed by atoms with Gasteiger partial charge in [-0.05, 0) is 55.4 Å². The van der Waals surface area contributed by atoms with Crippen molar-refractivity contribution in [3.05, 3.63) is 76.7 Å². The highest BCUT2D eigenvalue weighted by molar-refractivity contribution is 7.95. The van der Waals surface area contributed by atoms with Crippen LogP contribution in [0.2, 0.25) is 0 Å². The second-order valence-corrected chi connectivity index (χ2v) is 8.72. The average Bonchev–Trinajstić information content (AvgIpc) is 2.65. The van der Waals surface area contributed by atoms with E-state index in [1.165, 1.54) is 0 Å². The number of hydrogen-bond acceptors (Lipinski definition) is 3. The van der Waals surface area contributed by atoms with Gasteiger partial charge in [-0.3, -0.25) is 4.79 Å². The summed E-state index contributed by atoms with van der Waals surface area (Å²) >= 11 is 0. The first-order chi connectivity index (χ1) is 12.6. The van der Waals surface area contributed by atoms with Crippen LogP contribution in [-0.2, 0) is 21.1 Å². The third kappa shape index (κ3) is 4.50. The van der Waals surface area contributed by atoms with E-state index in [1.54, 1.807) is 24.3 Å². The van der Waals surface area contributed by atoms with Gasteiger partial charge in [0.25, 0.3) is 0 Å². The van der Waals surface area contributed by atoms with Crippen LogP contribution < -0.4 is 0 Å². The maximum Gasteiger partial charge on any atom is 0.202 e. The standard InChI is InChI=1S/C22H24O3S/c23-20-11-7-8-14-22(26(24,25)21-12-5-2-6-13-21)19(17-20)16-15-18-9-3-1-4-10-18/h1-6,9-10,12-13H,7-8,11,14-17H2/b22-19+. The number of aryl methyl sites for hydroxylation is 1. The lowest BCUT2D eigenvalue weighted by molar-refractivity contribution is -0.118. The molecule has 0 aliphatic heterocycles. The summed E-state index contributed by atoms with van der Waals surface area (Å²) < 4.78 is 26.4. The van der Waals surface area contributed by atoms with Crippen molar-refractivity contribution in [1.29, 1.82) is 0 Å². The van der Waals surface area contributed by atoms with Gasteiger partial charge >= 0.3 is 0 Å². The normalized spacial score (nSPS) is 19.0. The van der Waals surface area contributed by atoms with E-state index in [4.69, 9.17) is 0 Å². The summed E-state index contributed by atoms with van der Waals surface area (Å²) in [4.78, 5) is 13.0. The molecule has 0 saturated carbocycles. The molecular formula is C22H24O3S. The zero-order chi connectivity index (χ0) is 18.4. The van der Waals surface area contributed by atoms with Crippen molar-refractivity contribution in [2.45, 2.75) is 49.8 Å². The molecule has 3 rings (SSSR count). The molecule has 0 saturated heterocycles. The van der Waals surface area contributed by atoms with E-state index in [1.807, 2.05) is 36.4 Å². The molecule has 1 aliphatic carbocycles. The number of ketones is 1. The number of hydrogen-bond donors (Lipinski definition) is 0. The Morgan fingerprint density at radius 1 is 0.769 bits per heavy atom. The predicted molar refractivity (Wildman–Crippen MR) is 104 cm³/mol. The number of sulfone groups is 1. The van der Waals surface area contributed by atoms with Gasteiger partial charge in [-0.1, -0.05) is 48.5 Å². The predicted octanol–water partition coefficient (Wildman–Crippen LogP) is 4.88. The van der Waals surface area contributed by atoms with Crippen molar-refractivity contribution >= 4 is 15.6 Å². The zero-order valence-corrected chi connectivity index (χ0v) is 15.7. The number of rotatable bonds is 5. The molecule has 0 heterocycles. The van der Waals surface area contributed by atoms with Gasteiger partial charge in [-0.25, -0.2) is 8.42 Å². The number of Topliss-reactive ketones (excluding diaryl/α,β-unsaturated/α-hetero) is 1. The van der Waals surface area contributed by atoms with Crippen LogP contribution in [0.25, 0.3) is 0 Å². The van der Waals surface area contributed by atoms with Crippen LogP contribution >= 0.6 is 0 Å². The van der Waals surface area contributed by atoms with Crippen LogP contribution in [0.15, 0.2) is 76.0 Å². The first-order valence-electron chi connectivity index (χ1n) is 9.14. The highest BCUT2D eigenvalue weighted by Gasteiger charge is 2.26. The Kier molecular flexibility index (Phi) is 6.04. The minimum absolute atomic E-state index is 0.147. The minimum atomic E-state index is -3.55. The second kappa shape index (κ2) is 8.45. The molecule has 0 radical (unpaired) electrons. The van der Waals surface area contributed by atoms with E-state index < -0.39 is 9.84 Å². The van der Waals surface area contributed by atoms with Crippen molar-refractivity contribution < 1.29 is 13.2 Å². The van der Waals surface area contributed by atoms with Gasteiger partial charge in [-0.15, -0.1) is 0 Å². The molecule has 0 bridgehead atoms. The van der Waals surface area contributed by atoms with Gasteiger partial charge in [0.2, 0.25) is 9.84 Å². The third-order valence-electron chi connectivity index (χ3n) is 4.85. The van der Waals surface area contributed by atoms with E-state index in [-0.39, 0.29) is 12.2 Å². The molecule has 0 spiro atoms. The van der Waals surface area contributed by atoms with E-state index in [0.717, 1.165) is 30.4 Å². The lowest BCUT2D eigenvalue weighted by Crippen LogP contribution is -2.14. The molecule has 0 atom stereocenters. The first kappa shape index (κ1) is 18.6. The molecule has 2 aromatic carbocycles. The Hall–Kier alpha value is -2.20. The van der Waals surface area contributed by atoms with E-state index >= 15 is 0 Å². The Morgan fingerprint density at radius 2 is 1.38 bits per heavy atom. The molecule has 0 aromatic heterocycles. The molecule has 0 fully saturated rings. The maximum absolute atomic E-state index is 13.2. The van der Waals surface area contributed by atoms with Gasteiger partial charge < -0.3 is 0 Å². The molecule has 4 heteroatoms. The van der Waals surface area contributed by atoms with Crippen LogP contribution in [0.4, 0.5) is 0 Å². The van der Waals surface area contributed by atoms with Gasteiger partial charge in [-0.2, -0.15) is 0 Å². The SMILES string of the molecule is O=C1CCCC/C(S(=O)(=O)c2ccccc2)=C(/CCc2ccccc2)C1. The van der Waals surface area contributed by atoms with Crippen molar-refractivity contribution in [3.63, 3.8) is 0 Å². The van der Waals surface area contributed by atoms with Crippen LogP contribution in [0, 0.1) is 0 Å². The Morgan fingerprint density at radius 3 is 2.08 bits per heavy atom. The van der Waals surface area contributed by atoms with Crippen molar-refractivity contribution in [2.24, 2.45) is 0 Å². The topological polar surface area (TPSA) is 51.2 Å². The number of benzene rings is 2. The average molecular weight is 368 g/mol. The number of allylic oxidation sites excluding steroid dienone is 2. The Labute approximate surface area is 155 Å².